The van der Waals surface area contributed by atoms with Gasteiger partial charge in [0.2, 0.25) is 0 Å². The first kappa shape index (κ1) is 17.1. The summed E-state index contributed by atoms with van der Waals surface area (Å²) in [4.78, 5) is 0. The zero-order valence-electron chi connectivity index (χ0n) is 13.5. The van der Waals surface area contributed by atoms with Gasteiger partial charge in [-0.05, 0) is 55.2 Å². The van der Waals surface area contributed by atoms with Crippen molar-refractivity contribution < 1.29 is 4.74 Å². The van der Waals surface area contributed by atoms with E-state index in [1.807, 2.05) is 0 Å². The number of aryl methyl sites for hydroxylation is 1. The molecule has 0 bridgehead atoms. The number of ether oxygens (including phenoxy) is 1. The number of rotatable bonds is 5. The highest BCUT2D eigenvalue weighted by molar-refractivity contribution is 9.10. The molecule has 1 aromatic carbocycles. The summed E-state index contributed by atoms with van der Waals surface area (Å²) in [7, 11) is 1.74. The van der Waals surface area contributed by atoms with Crippen molar-refractivity contribution in [2.45, 2.75) is 58.3 Å². The van der Waals surface area contributed by atoms with Gasteiger partial charge in [-0.15, -0.1) is 11.6 Å². The molecule has 0 aliphatic heterocycles. The van der Waals surface area contributed by atoms with Crippen molar-refractivity contribution in [2.24, 2.45) is 11.3 Å². The molecule has 1 unspecified atom stereocenters. The van der Waals surface area contributed by atoms with Crippen LogP contribution in [0.3, 0.4) is 0 Å². The Morgan fingerprint density at radius 1 is 1.29 bits per heavy atom. The number of halogens is 2. The van der Waals surface area contributed by atoms with Crippen LogP contribution in [0.25, 0.3) is 0 Å². The molecule has 0 radical (unpaired) electrons. The maximum Gasteiger partial charge on any atom is 0.123 e. The van der Waals surface area contributed by atoms with Crippen LogP contribution in [0.15, 0.2) is 16.6 Å². The Balaban J connectivity index is 2.41. The molecule has 0 heterocycles. The van der Waals surface area contributed by atoms with E-state index in [2.05, 4.69) is 48.8 Å². The van der Waals surface area contributed by atoms with E-state index in [9.17, 15) is 0 Å². The fourth-order valence-corrected chi connectivity index (χ4v) is 4.67. The van der Waals surface area contributed by atoms with Gasteiger partial charge < -0.3 is 4.74 Å². The van der Waals surface area contributed by atoms with E-state index in [0.29, 0.717) is 5.92 Å². The Morgan fingerprint density at radius 2 is 1.90 bits per heavy atom. The average molecular weight is 374 g/mol. The lowest BCUT2D eigenvalue weighted by Gasteiger charge is -2.36. The monoisotopic (exact) mass is 372 g/mol. The van der Waals surface area contributed by atoms with Crippen molar-refractivity contribution in [3.05, 3.63) is 27.7 Å². The Hall–Kier alpha value is -0.210. The molecule has 1 aromatic rings. The minimum Gasteiger partial charge on any atom is -0.496 e. The molecule has 1 aliphatic carbocycles. The molecule has 0 spiro atoms. The number of hydrogen-bond acceptors (Lipinski definition) is 1. The summed E-state index contributed by atoms with van der Waals surface area (Å²) < 4.78 is 6.72. The Morgan fingerprint density at radius 3 is 2.43 bits per heavy atom. The molecule has 1 saturated carbocycles. The van der Waals surface area contributed by atoms with Crippen molar-refractivity contribution in [1.29, 1.82) is 0 Å². The molecule has 0 saturated heterocycles. The van der Waals surface area contributed by atoms with Gasteiger partial charge in [-0.2, -0.15) is 0 Å². The van der Waals surface area contributed by atoms with Crippen molar-refractivity contribution in [3.8, 4) is 5.75 Å². The van der Waals surface area contributed by atoms with E-state index in [1.165, 1.54) is 37.7 Å². The number of benzene rings is 1. The fourth-order valence-electron chi connectivity index (χ4n) is 3.83. The SMILES string of the molecule is COc1cc(C)c(Br)cc1C(Cl)C1(CC(C)C)CCCC1. The largest absolute Gasteiger partial charge is 0.496 e. The number of methoxy groups -OCH3 is 1. The van der Waals surface area contributed by atoms with Crippen LogP contribution in [0.4, 0.5) is 0 Å². The van der Waals surface area contributed by atoms with Gasteiger partial charge in [-0.25, -0.2) is 0 Å². The Bertz CT molecular complexity index is 492. The van der Waals surface area contributed by atoms with Crippen LogP contribution < -0.4 is 4.74 Å². The normalized spacial score (nSPS) is 19.0. The van der Waals surface area contributed by atoms with Gasteiger partial charge in [0.25, 0.3) is 0 Å². The summed E-state index contributed by atoms with van der Waals surface area (Å²) in [5.74, 6) is 1.59. The predicted molar refractivity (Wildman–Crippen MR) is 94.4 cm³/mol. The van der Waals surface area contributed by atoms with Crippen LogP contribution in [0.2, 0.25) is 0 Å². The van der Waals surface area contributed by atoms with Crippen LogP contribution in [0, 0.1) is 18.3 Å². The molecule has 3 heteroatoms. The van der Waals surface area contributed by atoms with Crippen LogP contribution in [-0.4, -0.2) is 7.11 Å². The van der Waals surface area contributed by atoms with Crippen LogP contribution >= 0.6 is 27.5 Å². The van der Waals surface area contributed by atoms with E-state index in [1.54, 1.807) is 7.11 Å². The summed E-state index contributed by atoms with van der Waals surface area (Å²) in [6, 6.07) is 4.25. The lowest BCUT2D eigenvalue weighted by molar-refractivity contribution is 0.220. The summed E-state index contributed by atoms with van der Waals surface area (Å²) in [5, 5.41) is 0.0225. The van der Waals surface area contributed by atoms with E-state index in [0.717, 1.165) is 15.8 Å². The van der Waals surface area contributed by atoms with Crippen molar-refractivity contribution in [1.82, 2.24) is 0 Å². The third kappa shape index (κ3) is 3.59. The van der Waals surface area contributed by atoms with Crippen LogP contribution in [0.5, 0.6) is 5.75 Å². The molecule has 0 N–H and O–H groups in total. The van der Waals surface area contributed by atoms with Gasteiger partial charge in [0.1, 0.15) is 5.75 Å². The second-order valence-corrected chi connectivity index (χ2v) is 8.16. The van der Waals surface area contributed by atoms with Gasteiger partial charge in [0, 0.05) is 10.0 Å². The molecule has 21 heavy (non-hydrogen) atoms. The quantitative estimate of drug-likeness (QED) is 0.525. The van der Waals surface area contributed by atoms with Gasteiger partial charge in [0.15, 0.2) is 0 Å². The number of alkyl halides is 1. The van der Waals surface area contributed by atoms with Crippen molar-refractivity contribution in [3.63, 3.8) is 0 Å². The van der Waals surface area contributed by atoms with E-state index < -0.39 is 0 Å². The first-order valence-corrected chi connectivity index (χ1v) is 9.10. The average Bonchev–Trinajstić information content (AvgIpc) is 2.89. The molecule has 118 valence electrons. The van der Waals surface area contributed by atoms with Crippen molar-refractivity contribution >= 4 is 27.5 Å². The van der Waals surface area contributed by atoms with Gasteiger partial charge in [-0.3, -0.25) is 0 Å². The minimum absolute atomic E-state index is 0.0225. The summed E-state index contributed by atoms with van der Waals surface area (Å²) in [5.41, 5.74) is 2.54. The maximum atomic E-state index is 7.02. The van der Waals surface area contributed by atoms with Crippen molar-refractivity contribution in [2.75, 3.05) is 7.11 Å². The van der Waals surface area contributed by atoms with Gasteiger partial charge >= 0.3 is 0 Å². The van der Waals surface area contributed by atoms with Gasteiger partial charge in [0.05, 0.1) is 12.5 Å². The second-order valence-electron chi connectivity index (χ2n) is 6.87. The fraction of sp³-hybridized carbons (Fsp3) is 0.667. The highest BCUT2D eigenvalue weighted by Gasteiger charge is 2.42. The first-order valence-electron chi connectivity index (χ1n) is 7.88. The molecular formula is C18H26BrClO. The maximum absolute atomic E-state index is 7.02. The summed E-state index contributed by atoms with van der Waals surface area (Å²) in [6.45, 7) is 6.68. The Labute approximate surface area is 142 Å². The van der Waals surface area contributed by atoms with Crippen LogP contribution in [0.1, 0.15) is 62.5 Å². The highest BCUT2D eigenvalue weighted by atomic mass is 79.9. The zero-order valence-corrected chi connectivity index (χ0v) is 15.9. The molecule has 0 aromatic heterocycles. The topological polar surface area (TPSA) is 9.23 Å². The smallest absolute Gasteiger partial charge is 0.123 e. The predicted octanol–water partition coefficient (Wildman–Crippen LogP) is 6.65. The highest BCUT2D eigenvalue weighted by Crippen LogP contribution is 2.56. The second kappa shape index (κ2) is 6.91. The van der Waals surface area contributed by atoms with Gasteiger partial charge in [-0.1, -0.05) is 42.6 Å². The lowest BCUT2D eigenvalue weighted by Crippen LogP contribution is -2.25. The van der Waals surface area contributed by atoms with E-state index in [-0.39, 0.29) is 10.8 Å². The molecule has 1 aliphatic rings. The summed E-state index contributed by atoms with van der Waals surface area (Å²) >= 11 is 10.7. The number of hydrogen-bond donors (Lipinski definition) is 0. The zero-order chi connectivity index (χ0) is 15.6. The third-order valence-electron chi connectivity index (χ3n) is 4.74. The van der Waals surface area contributed by atoms with Crippen LogP contribution in [-0.2, 0) is 0 Å². The third-order valence-corrected chi connectivity index (χ3v) is 6.29. The standard InChI is InChI=1S/C18H26BrClO/c1-12(2)11-18(7-5-6-8-18)17(20)14-10-15(19)13(3)9-16(14)21-4/h9-10,12,17H,5-8,11H2,1-4H3. The van der Waals surface area contributed by atoms with E-state index >= 15 is 0 Å². The lowest BCUT2D eigenvalue weighted by atomic mass is 9.73. The molecule has 1 nitrogen and oxygen atoms in total. The molecule has 2 rings (SSSR count). The minimum atomic E-state index is 0.0225. The molecular weight excluding hydrogens is 348 g/mol. The molecule has 1 atom stereocenters. The first-order chi connectivity index (χ1) is 9.89. The molecule has 1 fully saturated rings. The summed E-state index contributed by atoms with van der Waals surface area (Å²) in [6.07, 6.45) is 6.24. The Kier molecular flexibility index (Phi) is 5.65. The van der Waals surface area contributed by atoms with E-state index in [4.69, 9.17) is 16.3 Å². The molecule has 0 amide bonds.